The van der Waals surface area contributed by atoms with Crippen LogP contribution in [0.5, 0.6) is 0 Å². The number of hydrogen-bond donors (Lipinski definition) is 5. The van der Waals surface area contributed by atoms with E-state index >= 15 is 0 Å². The average Bonchev–Trinajstić information content (AvgIpc) is 3.45. The van der Waals surface area contributed by atoms with Gasteiger partial charge in [-0.3, -0.25) is 9.78 Å². The van der Waals surface area contributed by atoms with Gasteiger partial charge in [0.25, 0.3) is 5.91 Å². The van der Waals surface area contributed by atoms with Gasteiger partial charge in [0.2, 0.25) is 0 Å². The zero-order valence-corrected chi connectivity index (χ0v) is 23.1. The highest BCUT2D eigenvalue weighted by molar-refractivity contribution is 6.03. The lowest BCUT2D eigenvalue weighted by Crippen LogP contribution is -2.45. The minimum absolute atomic E-state index is 0.0316. The van der Waals surface area contributed by atoms with Crippen molar-refractivity contribution in [2.45, 2.75) is 69.6 Å². The van der Waals surface area contributed by atoms with Gasteiger partial charge in [-0.15, -0.1) is 5.10 Å². The molecule has 0 aliphatic heterocycles. The molecule has 2 fully saturated rings. The predicted molar refractivity (Wildman–Crippen MR) is 155 cm³/mol. The van der Waals surface area contributed by atoms with Gasteiger partial charge in [0.15, 0.2) is 17.2 Å². The Hall–Kier alpha value is -4.75. The molecule has 13 nitrogen and oxygen atoms in total. The maximum atomic E-state index is 14.1. The molecule has 0 radical (unpaired) electrons. The van der Waals surface area contributed by atoms with E-state index in [1.807, 2.05) is 16.8 Å². The summed E-state index contributed by atoms with van der Waals surface area (Å²) in [6.45, 7) is 1.40. The van der Waals surface area contributed by atoms with Crippen LogP contribution in [-0.2, 0) is 6.54 Å². The molecule has 0 saturated heterocycles. The van der Waals surface area contributed by atoms with Crippen molar-refractivity contribution in [1.82, 2.24) is 39.8 Å². The van der Waals surface area contributed by atoms with Crippen molar-refractivity contribution < 1.29 is 14.0 Å². The largest absolute Gasteiger partial charge is 0.379 e. The summed E-state index contributed by atoms with van der Waals surface area (Å²) in [5, 5.41) is 20.3. The zero-order valence-electron chi connectivity index (χ0n) is 23.1. The average molecular weight is 576 g/mol. The number of nitrogens with zero attached hydrogens (tertiary/aromatic N) is 6. The Bertz CT molecular complexity index is 1530. The van der Waals surface area contributed by atoms with Crippen molar-refractivity contribution in [3.63, 3.8) is 0 Å². The van der Waals surface area contributed by atoms with Crippen LogP contribution >= 0.6 is 0 Å². The second kappa shape index (κ2) is 12.4. The number of imidazole rings is 2. The lowest BCUT2D eigenvalue weighted by molar-refractivity contribution is 0.102. The molecule has 5 N–H and O–H groups in total. The quantitative estimate of drug-likeness (QED) is 0.171. The second-order valence-electron chi connectivity index (χ2n) is 10.8. The molecule has 2 saturated carbocycles. The SMILES string of the molecule is O=C(NCCCn1ccnc1)NC1CCC(Nc2cc(NC3CC3)c3ncc(C(=O)Nc4ccncc4F)n3n2)CC1. The summed E-state index contributed by atoms with van der Waals surface area (Å²) >= 11 is 0. The standard InChI is InChI=1S/C28H34FN11O2/c29-21-15-30-10-8-22(21)37-27(41)24-16-33-26-23(34-18-2-3-18)14-25(38-40(24)26)35-19-4-6-20(7-5-19)36-28(42)32-9-1-12-39-13-11-31-17-39/h8,10-11,13-20,34H,1-7,9,12H2,(H,35,38)(H,30,37,41)(H2,32,36,42). The minimum Gasteiger partial charge on any atom is -0.379 e. The van der Waals surface area contributed by atoms with Gasteiger partial charge < -0.3 is 31.2 Å². The molecule has 0 unspecified atom stereocenters. The van der Waals surface area contributed by atoms with E-state index < -0.39 is 11.7 Å². The Balaban J connectivity index is 1.06. The van der Waals surface area contributed by atoms with E-state index in [0.717, 1.165) is 63.4 Å². The Morgan fingerprint density at radius 3 is 2.50 bits per heavy atom. The number of amides is 3. The highest BCUT2D eigenvalue weighted by Crippen LogP contribution is 2.30. The van der Waals surface area contributed by atoms with Gasteiger partial charge in [0, 0.05) is 55.9 Å². The molecule has 3 amide bonds. The smallest absolute Gasteiger partial charge is 0.315 e. The third-order valence-electron chi connectivity index (χ3n) is 7.51. The number of rotatable bonds is 11. The van der Waals surface area contributed by atoms with Crippen LogP contribution in [0.3, 0.4) is 0 Å². The maximum Gasteiger partial charge on any atom is 0.315 e. The Kier molecular flexibility index (Phi) is 8.10. The van der Waals surface area contributed by atoms with Crippen LogP contribution in [0.2, 0.25) is 0 Å². The summed E-state index contributed by atoms with van der Waals surface area (Å²) in [5.74, 6) is -0.541. The third-order valence-corrected chi connectivity index (χ3v) is 7.51. The molecule has 220 valence electrons. The second-order valence-corrected chi connectivity index (χ2v) is 10.8. The number of carbonyl (C=O) groups excluding carboxylic acids is 2. The fourth-order valence-corrected chi connectivity index (χ4v) is 5.12. The van der Waals surface area contributed by atoms with Crippen molar-refractivity contribution in [3.05, 3.63) is 61.0 Å². The van der Waals surface area contributed by atoms with Crippen LogP contribution in [0, 0.1) is 5.82 Å². The molecule has 4 aromatic heterocycles. The van der Waals surface area contributed by atoms with E-state index in [1.54, 1.807) is 12.5 Å². The monoisotopic (exact) mass is 575 g/mol. The zero-order chi connectivity index (χ0) is 28.9. The number of nitrogens with one attached hydrogen (secondary N) is 5. The van der Waals surface area contributed by atoms with Gasteiger partial charge in [-0.05, 0) is 51.0 Å². The molecule has 14 heteroatoms. The lowest BCUT2D eigenvalue weighted by atomic mass is 9.91. The topological polar surface area (TPSA) is 155 Å². The Morgan fingerprint density at radius 1 is 0.952 bits per heavy atom. The van der Waals surface area contributed by atoms with Gasteiger partial charge in [-0.25, -0.2) is 23.7 Å². The molecule has 0 bridgehead atoms. The first-order chi connectivity index (χ1) is 20.5. The summed E-state index contributed by atoms with van der Waals surface area (Å²) in [4.78, 5) is 37.6. The van der Waals surface area contributed by atoms with Crippen LogP contribution in [0.25, 0.3) is 5.65 Å². The summed E-state index contributed by atoms with van der Waals surface area (Å²) in [6.07, 6.45) is 15.7. The third kappa shape index (κ3) is 6.75. The molecular weight excluding hydrogens is 541 g/mol. The molecule has 4 heterocycles. The number of halogens is 1. The number of urea groups is 1. The minimum atomic E-state index is -0.626. The number of pyridine rings is 1. The van der Waals surface area contributed by atoms with E-state index in [0.29, 0.717) is 24.1 Å². The lowest BCUT2D eigenvalue weighted by Gasteiger charge is -2.30. The Labute approximate surface area is 241 Å². The van der Waals surface area contributed by atoms with Gasteiger partial charge in [0.05, 0.1) is 30.1 Å². The maximum absolute atomic E-state index is 14.1. The van der Waals surface area contributed by atoms with Crippen molar-refractivity contribution in [2.75, 3.05) is 22.5 Å². The van der Waals surface area contributed by atoms with Crippen LogP contribution < -0.4 is 26.6 Å². The normalized spacial score (nSPS) is 18.4. The summed E-state index contributed by atoms with van der Waals surface area (Å²) in [6, 6.07) is 3.81. The molecule has 0 aromatic carbocycles. The van der Waals surface area contributed by atoms with Gasteiger partial charge in [0.1, 0.15) is 5.82 Å². The summed E-state index contributed by atoms with van der Waals surface area (Å²) < 4.78 is 17.6. The van der Waals surface area contributed by atoms with Crippen molar-refractivity contribution in [1.29, 1.82) is 0 Å². The number of aryl methyl sites for hydroxylation is 1. The highest BCUT2D eigenvalue weighted by atomic mass is 19.1. The number of anilines is 3. The highest BCUT2D eigenvalue weighted by Gasteiger charge is 2.26. The summed E-state index contributed by atoms with van der Waals surface area (Å²) in [7, 11) is 0. The van der Waals surface area contributed by atoms with Gasteiger partial charge in [-0.2, -0.15) is 0 Å². The molecular formula is C28H34FN11O2. The van der Waals surface area contributed by atoms with Gasteiger partial charge in [-0.1, -0.05) is 0 Å². The first-order valence-corrected chi connectivity index (χ1v) is 14.3. The van der Waals surface area contributed by atoms with E-state index in [2.05, 4.69) is 46.6 Å². The fraction of sp³-hybridized carbons (Fsp3) is 0.429. The van der Waals surface area contributed by atoms with Crippen LogP contribution in [0.1, 0.15) is 55.4 Å². The van der Waals surface area contributed by atoms with E-state index in [9.17, 15) is 14.0 Å². The van der Waals surface area contributed by atoms with Crippen LogP contribution in [-0.4, -0.2) is 65.7 Å². The van der Waals surface area contributed by atoms with Crippen LogP contribution in [0.15, 0.2) is 49.4 Å². The van der Waals surface area contributed by atoms with Gasteiger partial charge >= 0.3 is 6.03 Å². The van der Waals surface area contributed by atoms with Crippen molar-refractivity contribution in [3.8, 4) is 0 Å². The fourth-order valence-electron chi connectivity index (χ4n) is 5.12. The number of carbonyl (C=O) groups is 2. The molecule has 42 heavy (non-hydrogen) atoms. The number of fused-ring (bicyclic) bond motifs is 1. The molecule has 2 aliphatic carbocycles. The molecule has 2 aliphatic rings. The number of hydrogen-bond acceptors (Lipinski definition) is 8. The van der Waals surface area contributed by atoms with Crippen LogP contribution in [0.4, 0.5) is 26.4 Å². The predicted octanol–water partition coefficient (Wildman–Crippen LogP) is 3.40. The molecule has 0 atom stereocenters. The first-order valence-electron chi connectivity index (χ1n) is 14.3. The molecule has 0 spiro atoms. The van der Waals surface area contributed by atoms with E-state index in [4.69, 9.17) is 0 Å². The van der Waals surface area contributed by atoms with Crippen molar-refractivity contribution in [2.24, 2.45) is 0 Å². The van der Waals surface area contributed by atoms with E-state index in [-0.39, 0.29) is 29.5 Å². The number of aromatic nitrogens is 6. The molecule has 6 rings (SSSR count). The molecule has 4 aromatic rings. The van der Waals surface area contributed by atoms with Crippen molar-refractivity contribution >= 4 is 34.8 Å². The van der Waals surface area contributed by atoms with E-state index in [1.165, 1.54) is 23.0 Å². The summed E-state index contributed by atoms with van der Waals surface area (Å²) in [5.41, 5.74) is 1.53. The first kappa shape index (κ1) is 27.4. The Morgan fingerprint density at radius 2 is 1.74 bits per heavy atom.